The minimum absolute atomic E-state index is 0.0161. The number of aliphatic hydroxyl groups excluding tert-OH is 1. The van der Waals surface area contributed by atoms with E-state index in [2.05, 4.69) is 36.9 Å². The summed E-state index contributed by atoms with van der Waals surface area (Å²) < 4.78 is 7.90. The highest BCUT2D eigenvalue weighted by Gasteiger charge is 2.57. The molecule has 3 aliphatic carbocycles. The molecule has 0 saturated heterocycles. The third-order valence-electron chi connectivity index (χ3n) is 11.0. The summed E-state index contributed by atoms with van der Waals surface area (Å²) >= 11 is 0. The van der Waals surface area contributed by atoms with Gasteiger partial charge in [-0.25, -0.2) is 14.6 Å². The number of hydrogen-bond donors (Lipinski definition) is 2. The predicted molar refractivity (Wildman–Crippen MR) is 147 cm³/mol. The van der Waals surface area contributed by atoms with Crippen LogP contribution in [0.1, 0.15) is 57.7 Å². The molecule has 2 heterocycles. The summed E-state index contributed by atoms with van der Waals surface area (Å²) in [5, 5.41) is 15.5. The number of ether oxygens (including phenoxy) is 1. The summed E-state index contributed by atoms with van der Waals surface area (Å²) in [5.41, 5.74) is 10.5. The standard InChI is InChI=1S/C31H41N5O2/c1-20-4-9-27-26(14-32)28(10-11-30(20,27)2)31(3)13-21-15-35-36(29(21)12-22(31)18-37)23-5-7-24(8-6-23)38-25-16-33-19-34-17-25/h5-8,15-17,19-20,22,26-28,37H,4,9-14,18,32H2,1-3H3/t20-,22+,26-,27-,28-,30+,31+/m0/s1. The molecule has 0 radical (unpaired) electrons. The zero-order valence-electron chi connectivity index (χ0n) is 22.9. The Balaban J connectivity index is 1.26. The van der Waals surface area contributed by atoms with E-state index in [1.165, 1.54) is 43.3 Å². The molecule has 1 aromatic carbocycles. The van der Waals surface area contributed by atoms with Crippen LogP contribution in [0, 0.1) is 40.4 Å². The maximum absolute atomic E-state index is 10.7. The van der Waals surface area contributed by atoms with Gasteiger partial charge in [-0.2, -0.15) is 5.10 Å². The minimum Gasteiger partial charge on any atom is -0.454 e. The smallest absolute Gasteiger partial charge is 0.163 e. The maximum atomic E-state index is 10.7. The molecular weight excluding hydrogens is 474 g/mol. The van der Waals surface area contributed by atoms with Crippen LogP contribution in [0.4, 0.5) is 0 Å². The molecule has 2 fully saturated rings. The van der Waals surface area contributed by atoms with E-state index in [0.717, 1.165) is 36.7 Å². The molecule has 202 valence electrons. The zero-order valence-corrected chi connectivity index (χ0v) is 22.9. The Morgan fingerprint density at radius 2 is 1.74 bits per heavy atom. The lowest BCUT2D eigenvalue weighted by atomic mass is 9.49. The Morgan fingerprint density at radius 3 is 2.45 bits per heavy atom. The van der Waals surface area contributed by atoms with Crippen molar-refractivity contribution in [2.24, 2.45) is 46.2 Å². The van der Waals surface area contributed by atoms with Crippen molar-refractivity contribution in [3.8, 4) is 17.2 Å². The number of nitrogens with two attached hydrogens (primary N) is 1. The van der Waals surface area contributed by atoms with Gasteiger partial charge >= 0.3 is 0 Å². The number of aliphatic hydroxyl groups is 1. The number of aromatic nitrogens is 4. The summed E-state index contributed by atoms with van der Waals surface area (Å²) in [6.07, 6.45) is 13.7. The van der Waals surface area contributed by atoms with Crippen LogP contribution in [0.15, 0.2) is 49.2 Å². The fourth-order valence-electron chi connectivity index (χ4n) is 8.55. The van der Waals surface area contributed by atoms with Crippen LogP contribution in [0.3, 0.4) is 0 Å². The molecule has 2 aromatic heterocycles. The van der Waals surface area contributed by atoms with Crippen molar-refractivity contribution in [1.82, 2.24) is 19.7 Å². The summed E-state index contributed by atoms with van der Waals surface area (Å²) in [7, 11) is 0. The highest BCUT2D eigenvalue weighted by atomic mass is 16.5. The maximum Gasteiger partial charge on any atom is 0.163 e. The predicted octanol–water partition coefficient (Wildman–Crippen LogP) is 5.21. The van der Waals surface area contributed by atoms with Crippen LogP contribution in [-0.2, 0) is 12.8 Å². The van der Waals surface area contributed by atoms with Gasteiger partial charge in [0.2, 0.25) is 0 Å². The fraction of sp³-hybridized carbons (Fsp3) is 0.581. The van der Waals surface area contributed by atoms with Crippen LogP contribution >= 0.6 is 0 Å². The van der Waals surface area contributed by atoms with Crippen LogP contribution in [-0.4, -0.2) is 38.0 Å². The molecule has 7 nitrogen and oxygen atoms in total. The van der Waals surface area contributed by atoms with E-state index in [1.807, 2.05) is 28.9 Å². The van der Waals surface area contributed by atoms with Crippen molar-refractivity contribution < 1.29 is 9.84 Å². The van der Waals surface area contributed by atoms with E-state index >= 15 is 0 Å². The minimum atomic E-state index is 0.0161. The molecule has 0 unspecified atom stereocenters. The van der Waals surface area contributed by atoms with Crippen molar-refractivity contribution >= 4 is 0 Å². The first-order valence-corrected chi connectivity index (χ1v) is 14.3. The normalized spacial score (nSPS) is 34.5. The molecule has 7 heteroatoms. The van der Waals surface area contributed by atoms with Gasteiger partial charge in [-0.05, 0) is 115 Å². The SMILES string of the molecule is C[C@H]1CC[C@H]2[C@H](CN)[C@@H]([C@]3(C)Cc4cnn(-c5ccc(Oc6cncnc6)cc5)c4C[C@@H]3CO)CC[C@]12C. The fourth-order valence-corrected chi connectivity index (χ4v) is 8.55. The topological polar surface area (TPSA) is 99.1 Å². The van der Waals surface area contributed by atoms with E-state index < -0.39 is 0 Å². The summed E-state index contributed by atoms with van der Waals surface area (Å²) in [5.74, 6) is 4.05. The molecule has 7 atom stereocenters. The van der Waals surface area contributed by atoms with Gasteiger partial charge < -0.3 is 15.6 Å². The van der Waals surface area contributed by atoms with Gasteiger partial charge in [0.05, 0.1) is 24.3 Å². The van der Waals surface area contributed by atoms with E-state index in [0.29, 0.717) is 28.9 Å². The van der Waals surface area contributed by atoms with Gasteiger partial charge in [0, 0.05) is 12.3 Å². The number of rotatable bonds is 6. The van der Waals surface area contributed by atoms with Gasteiger partial charge in [0.15, 0.2) is 5.75 Å². The van der Waals surface area contributed by atoms with E-state index in [4.69, 9.17) is 15.6 Å². The molecule has 0 amide bonds. The van der Waals surface area contributed by atoms with Crippen LogP contribution in [0.25, 0.3) is 5.69 Å². The Morgan fingerprint density at radius 1 is 1.00 bits per heavy atom. The summed E-state index contributed by atoms with van der Waals surface area (Å²) in [4.78, 5) is 8.01. The van der Waals surface area contributed by atoms with E-state index in [9.17, 15) is 5.11 Å². The van der Waals surface area contributed by atoms with Crippen LogP contribution in [0.5, 0.6) is 11.5 Å². The van der Waals surface area contributed by atoms with E-state index in [1.54, 1.807) is 12.4 Å². The van der Waals surface area contributed by atoms with E-state index in [-0.39, 0.29) is 17.9 Å². The highest BCUT2D eigenvalue weighted by Crippen LogP contribution is 2.63. The third kappa shape index (κ3) is 4.06. The molecule has 38 heavy (non-hydrogen) atoms. The summed E-state index contributed by atoms with van der Waals surface area (Å²) in [6, 6.07) is 7.95. The van der Waals surface area contributed by atoms with Gasteiger partial charge in [0.1, 0.15) is 12.1 Å². The Kier molecular flexibility index (Phi) is 6.55. The molecule has 6 rings (SSSR count). The second-order valence-corrected chi connectivity index (χ2v) is 12.6. The lowest BCUT2D eigenvalue weighted by molar-refractivity contribution is -0.0691. The molecular formula is C31H41N5O2. The van der Waals surface area contributed by atoms with Gasteiger partial charge in [-0.1, -0.05) is 20.8 Å². The molecule has 0 spiro atoms. The van der Waals surface area contributed by atoms with Crippen molar-refractivity contribution in [3.63, 3.8) is 0 Å². The molecule has 2 saturated carbocycles. The van der Waals surface area contributed by atoms with Crippen molar-refractivity contribution in [1.29, 1.82) is 0 Å². The highest BCUT2D eigenvalue weighted by molar-refractivity contribution is 5.41. The Bertz CT molecular complexity index is 1260. The molecule has 0 aliphatic heterocycles. The summed E-state index contributed by atoms with van der Waals surface area (Å²) in [6.45, 7) is 8.34. The Hall–Kier alpha value is -2.77. The Labute approximate surface area is 225 Å². The van der Waals surface area contributed by atoms with Crippen LogP contribution < -0.4 is 10.5 Å². The van der Waals surface area contributed by atoms with Gasteiger partial charge in [-0.3, -0.25) is 0 Å². The van der Waals surface area contributed by atoms with Gasteiger partial charge in [0.25, 0.3) is 0 Å². The quantitative estimate of drug-likeness (QED) is 0.468. The first-order chi connectivity index (χ1) is 18.4. The monoisotopic (exact) mass is 515 g/mol. The number of fused-ring (bicyclic) bond motifs is 2. The first-order valence-electron chi connectivity index (χ1n) is 14.3. The zero-order chi connectivity index (χ0) is 26.5. The van der Waals surface area contributed by atoms with Crippen molar-refractivity contribution in [3.05, 3.63) is 60.4 Å². The lowest BCUT2D eigenvalue weighted by Crippen LogP contribution is -2.53. The average molecular weight is 516 g/mol. The molecule has 3 aliphatic rings. The third-order valence-corrected chi connectivity index (χ3v) is 11.0. The van der Waals surface area contributed by atoms with Crippen LogP contribution in [0.2, 0.25) is 0 Å². The molecule has 3 N–H and O–H groups in total. The average Bonchev–Trinajstić information content (AvgIpc) is 3.48. The number of benzene rings is 1. The van der Waals surface area contributed by atoms with Crippen molar-refractivity contribution in [2.45, 2.75) is 59.3 Å². The number of nitrogens with zero attached hydrogens (tertiary/aromatic N) is 4. The second kappa shape index (κ2) is 9.76. The second-order valence-electron chi connectivity index (χ2n) is 12.6. The lowest BCUT2D eigenvalue weighted by Gasteiger charge is -2.56. The largest absolute Gasteiger partial charge is 0.454 e. The number of hydrogen-bond acceptors (Lipinski definition) is 6. The van der Waals surface area contributed by atoms with Gasteiger partial charge in [-0.15, -0.1) is 0 Å². The van der Waals surface area contributed by atoms with Crippen molar-refractivity contribution in [2.75, 3.05) is 13.2 Å². The molecule has 3 aromatic rings. The first kappa shape index (κ1) is 25.5. The molecule has 0 bridgehead atoms.